The zero-order valence-electron chi connectivity index (χ0n) is 7.33. The van der Waals surface area contributed by atoms with Crippen LogP contribution in [0.1, 0.15) is 1.43 Å². The molecule has 2 heteroatoms. The monoisotopic (exact) mass is 153 g/mol. The van der Waals surface area contributed by atoms with Crippen LogP contribution in [-0.4, -0.2) is 13.1 Å². The molecule has 0 radical (unpaired) electrons. The van der Waals surface area contributed by atoms with Gasteiger partial charge in [-0.3, -0.25) is 0 Å². The molecule has 0 aliphatic heterocycles. The molecule has 0 fully saturated rings. The van der Waals surface area contributed by atoms with E-state index in [9.17, 15) is 4.80 Å². The van der Waals surface area contributed by atoms with E-state index in [1.165, 1.54) is 0 Å². The van der Waals surface area contributed by atoms with Crippen LogP contribution in [0.3, 0.4) is 0 Å². The van der Waals surface area contributed by atoms with E-state index in [2.05, 4.69) is 0 Å². The molecule has 0 amide bonds. The Morgan fingerprint density at radius 1 is 1.20 bits per heavy atom. The molecule has 1 aromatic rings. The van der Waals surface area contributed by atoms with Crippen LogP contribution in [0.15, 0.2) is 30.3 Å². The second-order valence-corrected chi connectivity index (χ2v) is 6.62. The van der Waals surface area contributed by atoms with Crippen LogP contribution >= 0.6 is 0 Å². The third-order valence-corrected chi connectivity index (χ3v) is 3.23. The van der Waals surface area contributed by atoms with Gasteiger partial charge in [0, 0.05) is 0 Å². The normalized spacial score (nSPS) is 11.5. The zero-order valence-corrected chi connectivity index (χ0v) is 7.33. The first-order valence-electron chi connectivity index (χ1n) is 3.38. The van der Waals surface area contributed by atoms with Crippen LogP contribution in [-0.2, 0) is 0 Å². The molecular formula is C8H13OSi+. The summed E-state index contributed by atoms with van der Waals surface area (Å²) in [4.78, 5) is 9.63. The van der Waals surface area contributed by atoms with E-state index >= 15 is 0 Å². The second-order valence-electron chi connectivity index (χ2n) is 2.93. The maximum Gasteiger partial charge on any atom is 1.00 e. The molecule has 10 heavy (non-hydrogen) atoms. The Morgan fingerprint density at radius 3 is 2.00 bits per heavy atom. The van der Waals surface area contributed by atoms with Crippen molar-refractivity contribution in [3.63, 3.8) is 0 Å². The van der Waals surface area contributed by atoms with E-state index in [1.807, 2.05) is 43.4 Å². The lowest BCUT2D eigenvalue weighted by atomic mass is 10.4. The maximum absolute atomic E-state index is 9.63. The number of hydrogen-bond donors (Lipinski definition) is 1. The maximum atomic E-state index is 9.63. The van der Waals surface area contributed by atoms with Gasteiger partial charge in [-0.1, -0.05) is 30.3 Å². The second kappa shape index (κ2) is 2.56. The van der Waals surface area contributed by atoms with Gasteiger partial charge in [-0.25, -0.2) is 0 Å². The molecule has 1 nitrogen and oxygen atoms in total. The molecule has 0 atom stereocenters. The minimum Gasteiger partial charge on any atom is -0.428 e. The molecule has 0 aromatic heterocycles. The Hall–Kier alpha value is -0.603. The van der Waals surface area contributed by atoms with Crippen LogP contribution in [0.4, 0.5) is 0 Å². The van der Waals surface area contributed by atoms with Crippen molar-refractivity contribution in [2.75, 3.05) is 0 Å². The summed E-state index contributed by atoms with van der Waals surface area (Å²) in [6, 6.07) is 9.84. The van der Waals surface area contributed by atoms with Gasteiger partial charge >= 0.3 is 1.43 Å². The molecule has 0 aliphatic rings. The standard InChI is InChI=1S/C8H12OSi/c1-10(2,9)8-6-4-3-5-7-8/h3-7,9H,1-2H3/p+1. The van der Waals surface area contributed by atoms with Crippen molar-refractivity contribution in [2.45, 2.75) is 13.1 Å². The average Bonchev–Trinajstić information content (AvgIpc) is 1.88. The first-order valence-corrected chi connectivity index (χ1v) is 6.33. The topological polar surface area (TPSA) is 20.2 Å². The molecule has 0 saturated heterocycles. The first-order chi connectivity index (χ1) is 4.61. The van der Waals surface area contributed by atoms with Crippen molar-refractivity contribution < 1.29 is 6.22 Å². The van der Waals surface area contributed by atoms with Crippen molar-refractivity contribution in [2.24, 2.45) is 0 Å². The molecule has 0 bridgehead atoms. The van der Waals surface area contributed by atoms with Gasteiger partial charge < -0.3 is 4.80 Å². The summed E-state index contributed by atoms with van der Waals surface area (Å²) in [6.07, 6.45) is 0. The Kier molecular flexibility index (Phi) is 1.92. The van der Waals surface area contributed by atoms with Gasteiger partial charge in [0.1, 0.15) is 0 Å². The molecule has 0 unspecified atom stereocenters. The molecule has 0 spiro atoms. The van der Waals surface area contributed by atoms with E-state index in [-0.39, 0.29) is 1.43 Å². The Bertz CT molecular complexity index is 205. The quantitative estimate of drug-likeness (QED) is 0.601. The van der Waals surface area contributed by atoms with E-state index in [0.717, 1.165) is 5.19 Å². The summed E-state index contributed by atoms with van der Waals surface area (Å²) in [5, 5.41) is 1.09. The summed E-state index contributed by atoms with van der Waals surface area (Å²) in [5.41, 5.74) is 0. The lowest BCUT2D eigenvalue weighted by molar-refractivity contribution is 0.568. The van der Waals surface area contributed by atoms with Crippen LogP contribution < -0.4 is 5.19 Å². The predicted molar refractivity (Wildman–Crippen MR) is 46.9 cm³/mol. The van der Waals surface area contributed by atoms with E-state index in [0.29, 0.717) is 0 Å². The zero-order chi connectivity index (χ0) is 7.61. The molecule has 54 valence electrons. The fourth-order valence-corrected chi connectivity index (χ4v) is 1.85. The van der Waals surface area contributed by atoms with E-state index in [4.69, 9.17) is 0 Å². The van der Waals surface area contributed by atoms with Crippen LogP contribution in [0.2, 0.25) is 13.1 Å². The van der Waals surface area contributed by atoms with Gasteiger partial charge in [0.25, 0.3) is 0 Å². The van der Waals surface area contributed by atoms with Crippen molar-refractivity contribution >= 4 is 13.5 Å². The fraction of sp³-hybridized carbons (Fsp3) is 0.250. The van der Waals surface area contributed by atoms with Crippen LogP contribution in [0.25, 0.3) is 0 Å². The van der Waals surface area contributed by atoms with Gasteiger partial charge in [-0.05, 0) is 18.3 Å². The first kappa shape index (κ1) is 7.50. The lowest BCUT2D eigenvalue weighted by Crippen LogP contribution is -2.40. The van der Waals surface area contributed by atoms with Crippen molar-refractivity contribution in [1.29, 1.82) is 0 Å². The number of hydrogen-bond acceptors (Lipinski definition) is 1. The highest BCUT2D eigenvalue weighted by Crippen LogP contribution is 1.96. The van der Waals surface area contributed by atoms with Crippen molar-refractivity contribution in [1.82, 2.24) is 0 Å². The summed E-state index contributed by atoms with van der Waals surface area (Å²) in [6.45, 7) is 3.84. The summed E-state index contributed by atoms with van der Waals surface area (Å²) in [5.74, 6) is 0. The third kappa shape index (κ3) is 1.69. The van der Waals surface area contributed by atoms with Gasteiger partial charge in [0.05, 0.1) is 0 Å². The molecule has 0 aliphatic carbocycles. The fourth-order valence-electron chi connectivity index (χ4n) is 0.846. The van der Waals surface area contributed by atoms with Crippen molar-refractivity contribution in [3.8, 4) is 0 Å². The van der Waals surface area contributed by atoms with Crippen LogP contribution in [0, 0.1) is 0 Å². The molecule has 1 rings (SSSR count). The molecule has 1 N–H and O–H groups in total. The van der Waals surface area contributed by atoms with Gasteiger partial charge in [0.2, 0.25) is 8.32 Å². The van der Waals surface area contributed by atoms with Crippen molar-refractivity contribution in [3.05, 3.63) is 30.3 Å². The Morgan fingerprint density at radius 2 is 1.70 bits per heavy atom. The van der Waals surface area contributed by atoms with Gasteiger partial charge in [0.15, 0.2) is 0 Å². The smallest absolute Gasteiger partial charge is 0.428 e. The van der Waals surface area contributed by atoms with Gasteiger partial charge in [-0.2, -0.15) is 0 Å². The highest BCUT2D eigenvalue weighted by Gasteiger charge is 2.18. The van der Waals surface area contributed by atoms with E-state index < -0.39 is 8.32 Å². The Labute approximate surface area is 63.9 Å². The largest absolute Gasteiger partial charge is 1.00 e. The number of rotatable bonds is 1. The average molecular weight is 153 g/mol. The lowest BCUT2D eigenvalue weighted by Gasteiger charge is -2.13. The summed E-state index contributed by atoms with van der Waals surface area (Å²) in [7, 11) is -2.03. The van der Waals surface area contributed by atoms with Crippen LogP contribution in [0.5, 0.6) is 0 Å². The summed E-state index contributed by atoms with van der Waals surface area (Å²) >= 11 is 0. The molecular weight excluding hydrogens is 140 g/mol. The number of benzene rings is 1. The third-order valence-electron chi connectivity index (χ3n) is 1.48. The molecule has 0 heterocycles. The molecule has 0 saturated carbocycles. The Balaban J connectivity index is 0.000001000. The summed E-state index contributed by atoms with van der Waals surface area (Å²) < 4.78 is 0. The SMILES string of the molecule is C[Si](C)(O)c1ccccc1.[H+]. The highest BCUT2D eigenvalue weighted by molar-refractivity contribution is 6.83. The minimum atomic E-state index is -2.03. The van der Waals surface area contributed by atoms with Gasteiger partial charge in [-0.15, -0.1) is 0 Å². The highest BCUT2D eigenvalue weighted by atomic mass is 28.4. The van der Waals surface area contributed by atoms with E-state index in [1.54, 1.807) is 0 Å². The minimum absolute atomic E-state index is 0. The molecule has 1 aromatic carbocycles. The predicted octanol–water partition coefficient (Wildman–Crippen LogP) is 1.20.